The van der Waals surface area contributed by atoms with E-state index in [4.69, 9.17) is 10.5 Å². The lowest BCUT2D eigenvalue weighted by Crippen LogP contribution is -2.33. The molecule has 1 heterocycles. The van der Waals surface area contributed by atoms with Crippen molar-refractivity contribution in [3.05, 3.63) is 89.5 Å². The molecule has 3 aromatic rings. The quantitative estimate of drug-likeness (QED) is 0.432. The second-order valence-corrected chi connectivity index (χ2v) is 8.66. The Morgan fingerprint density at radius 3 is 2.41 bits per heavy atom. The van der Waals surface area contributed by atoms with Gasteiger partial charge >= 0.3 is 6.09 Å². The summed E-state index contributed by atoms with van der Waals surface area (Å²) in [7, 11) is 0. The van der Waals surface area contributed by atoms with Crippen LogP contribution in [0.5, 0.6) is 0 Å². The molecule has 8 nitrogen and oxygen atoms in total. The van der Waals surface area contributed by atoms with Gasteiger partial charge in [0.2, 0.25) is 11.8 Å². The lowest BCUT2D eigenvalue weighted by molar-refractivity contribution is -0.122. The number of anilines is 1. The number of nitrogens with one attached hydrogen (secondary N) is 2. The van der Waals surface area contributed by atoms with Gasteiger partial charge in [-0.25, -0.2) is 13.6 Å². The van der Waals surface area contributed by atoms with Gasteiger partial charge < -0.3 is 21.1 Å². The zero-order valence-electron chi connectivity index (χ0n) is 20.0. The van der Waals surface area contributed by atoms with Gasteiger partial charge in [0, 0.05) is 19.0 Å². The van der Waals surface area contributed by atoms with Crippen LogP contribution in [-0.4, -0.2) is 37.1 Å². The van der Waals surface area contributed by atoms with Gasteiger partial charge in [0.05, 0.1) is 18.8 Å². The smallest absolute Gasteiger partial charge is 0.414 e. The Balaban J connectivity index is 1.36. The zero-order chi connectivity index (χ0) is 26.5. The van der Waals surface area contributed by atoms with Crippen LogP contribution in [0.25, 0.3) is 11.1 Å². The molecule has 1 aliphatic heterocycles. The van der Waals surface area contributed by atoms with Crippen LogP contribution >= 0.6 is 0 Å². The molecule has 1 fully saturated rings. The van der Waals surface area contributed by atoms with Crippen molar-refractivity contribution >= 4 is 23.6 Å². The fraction of sp³-hybridized carbons (Fsp3) is 0.222. The third-order valence-corrected chi connectivity index (χ3v) is 5.96. The van der Waals surface area contributed by atoms with Crippen LogP contribution in [0.1, 0.15) is 24.1 Å². The molecular weight excluding hydrogens is 482 g/mol. The number of amides is 3. The fourth-order valence-electron chi connectivity index (χ4n) is 3.93. The fourth-order valence-corrected chi connectivity index (χ4v) is 3.93. The van der Waals surface area contributed by atoms with Gasteiger partial charge in [-0.3, -0.25) is 14.5 Å². The maximum absolute atomic E-state index is 15.0. The molecule has 10 heteroatoms. The Morgan fingerprint density at radius 2 is 1.76 bits per heavy atom. The van der Waals surface area contributed by atoms with Gasteiger partial charge in [0.25, 0.3) is 0 Å². The van der Waals surface area contributed by atoms with Crippen LogP contribution in [0.4, 0.5) is 19.3 Å². The number of cyclic esters (lactones) is 1. The van der Waals surface area contributed by atoms with Gasteiger partial charge in [-0.2, -0.15) is 0 Å². The third kappa shape index (κ3) is 6.28. The van der Waals surface area contributed by atoms with E-state index < -0.39 is 35.8 Å². The molecule has 0 aliphatic carbocycles. The van der Waals surface area contributed by atoms with Crippen LogP contribution in [0.2, 0.25) is 0 Å². The third-order valence-electron chi connectivity index (χ3n) is 5.96. The number of rotatable bonds is 8. The van der Waals surface area contributed by atoms with Crippen molar-refractivity contribution in [1.29, 1.82) is 0 Å². The highest BCUT2D eigenvalue weighted by Crippen LogP contribution is 2.29. The number of halogens is 2. The number of ether oxygens (including phenoxy) is 1. The minimum Gasteiger partial charge on any atom is -0.442 e. The number of nitrogens with two attached hydrogens (primary N) is 1. The Hall–Kier alpha value is -4.31. The molecule has 3 amide bonds. The van der Waals surface area contributed by atoms with E-state index in [1.165, 1.54) is 42.2 Å². The first-order valence-electron chi connectivity index (χ1n) is 11.6. The summed E-state index contributed by atoms with van der Waals surface area (Å²) in [5, 5.41) is 5.34. The highest BCUT2D eigenvalue weighted by molar-refractivity contribution is 5.90. The maximum Gasteiger partial charge on any atom is 0.414 e. The zero-order valence-corrected chi connectivity index (χ0v) is 20.0. The minimum atomic E-state index is -0.930. The highest BCUT2D eigenvalue weighted by atomic mass is 19.1. The van der Waals surface area contributed by atoms with E-state index in [-0.39, 0.29) is 25.5 Å². The summed E-state index contributed by atoms with van der Waals surface area (Å²) in [5.74, 6) is -1.56. The number of nitrogens with zero attached hydrogens (tertiary/aromatic N) is 1. The molecule has 37 heavy (non-hydrogen) atoms. The monoisotopic (exact) mass is 508 g/mol. The second kappa shape index (κ2) is 11.2. The van der Waals surface area contributed by atoms with Crippen LogP contribution in [-0.2, 0) is 20.9 Å². The van der Waals surface area contributed by atoms with Gasteiger partial charge in [-0.15, -0.1) is 0 Å². The Bertz CT molecular complexity index is 1300. The van der Waals surface area contributed by atoms with E-state index >= 15 is 0 Å². The van der Waals surface area contributed by atoms with E-state index in [9.17, 15) is 23.2 Å². The topological polar surface area (TPSA) is 114 Å². The average Bonchev–Trinajstić information content (AvgIpc) is 3.26. The molecule has 0 aromatic heterocycles. The van der Waals surface area contributed by atoms with Gasteiger partial charge in [0.1, 0.15) is 23.8 Å². The molecule has 1 aliphatic rings. The van der Waals surface area contributed by atoms with Crippen molar-refractivity contribution in [3.8, 4) is 11.1 Å². The summed E-state index contributed by atoms with van der Waals surface area (Å²) in [5.41, 5.74) is 8.55. The van der Waals surface area contributed by atoms with E-state index in [0.717, 1.165) is 5.56 Å². The molecule has 4 rings (SSSR count). The predicted molar refractivity (Wildman–Crippen MR) is 133 cm³/mol. The van der Waals surface area contributed by atoms with Crippen molar-refractivity contribution in [2.24, 2.45) is 5.73 Å². The molecule has 3 aromatic carbocycles. The lowest BCUT2D eigenvalue weighted by atomic mass is 10.0. The first kappa shape index (κ1) is 25.8. The molecule has 192 valence electrons. The van der Waals surface area contributed by atoms with Gasteiger partial charge in [0.15, 0.2) is 0 Å². The standard InChI is InChI=1S/C27H26F2N4O4/c1-16(34)31-14-22-15-33(27(36)37-22)21-10-11-23(24(29)12-21)18-4-2-17(3-5-18)13-32-26(35)25(30)19-6-8-20(28)9-7-19/h2-12,22,25H,13-15,30H2,1H3,(H,31,34)(H,32,35)/t22-,25?/m0/s1. The average molecular weight is 509 g/mol. The number of carbonyl (C=O) groups is 3. The number of hydrogen-bond acceptors (Lipinski definition) is 5. The molecule has 2 atom stereocenters. The molecule has 0 spiro atoms. The normalized spacial score (nSPS) is 15.7. The first-order valence-corrected chi connectivity index (χ1v) is 11.6. The Kier molecular flexibility index (Phi) is 7.78. The molecule has 0 radical (unpaired) electrons. The van der Waals surface area contributed by atoms with E-state index in [2.05, 4.69) is 10.6 Å². The number of benzene rings is 3. The minimum absolute atomic E-state index is 0.184. The maximum atomic E-state index is 15.0. The number of hydrogen-bond donors (Lipinski definition) is 3. The summed E-state index contributed by atoms with van der Waals surface area (Å²) in [6, 6.07) is 15.9. The molecular formula is C27H26F2N4O4. The van der Waals surface area contributed by atoms with Crippen molar-refractivity contribution in [3.63, 3.8) is 0 Å². The lowest BCUT2D eigenvalue weighted by Gasteiger charge is -2.15. The largest absolute Gasteiger partial charge is 0.442 e. The van der Waals surface area contributed by atoms with Gasteiger partial charge in [-0.1, -0.05) is 36.4 Å². The molecule has 0 saturated carbocycles. The van der Waals surface area contributed by atoms with Crippen molar-refractivity contribution < 1.29 is 27.9 Å². The Morgan fingerprint density at radius 1 is 1.05 bits per heavy atom. The first-order chi connectivity index (χ1) is 17.7. The predicted octanol–water partition coefficient (Wildman–Crippen LogP) is 3.41. The van der Waals surface area contributed by atoms with Crippen molar-refractivity contribution in [2.45, 2.75) is 25.6 Å². The van der Waals surface area contributed by atoms with E-state index in [1.807, 2.05) is 0 Å². The van der Waals surface area contributed by atoms with Crippen molar-refractivity contribution in [1.82, 2.24) is 10.6 Å². The molecule has 0 bridgehead atoms. The summed E-state index contributed by atoms with van der Waals surface area (Å²) >= 11 is 0. The second-order valence-electron chi connectivity index (χ2n) is 8.66. The van der Waals surface area contributed by atoms with Gasteiger partial charge in [-0.05, 0) is 47.0 Å². The molecule has 1 saturated heterocycles. The summed E-state index contributed by atoms with van der Waals surface area (Å²) in [6.45, 7) is 1.97. The van der Waals surface area contributed by atoms with Crippen molar-refractivity contribution in [2.75, 3.05) is 18.0 Å². The molecule has 4 N–H and O–H groups in total. The summed E-state index contributed by atoms with van der Waals surface area (Å²) in [4.78, 5) is 36.9. The SMILES string of the molecule is CC(=O)NC[C@H]1CN(c2ccc(-c3ccc(CNC(=O)C(N)c4ccc(F)cc4)cc3)c(F)c2)C(=O)O1. The van der Waals surface area contributed by atoms with Crippen LogP contribution in [0, 0.1) is 11.6 Å². The van der Waals surface area contributed by atoms with Crippen LogP contribution < -0.4 is 21.3 Å². The summed E-state index contributed by atoms with van der Waals surface area (Å²) < 4.78 is 33.3. The highest BCUT2D eigenvalue weighted by Gasteiger charge is 2.32. The summed E-state index contributed by atoms with van der Waals surface area (Å²) in [6.07, 6.45) is -1.12. The Labute approximate surface area is 212 Å². The number of carbonyl (C=O) groups excluding carboxylic acids is 3. The van der Waals surface area contributed by atoms with Crippen LogP contribution in [0.3, 0.4) is 0 Å². The van der Waals surface area contributed by atoms with Crippen LogP contribution in [0.15, 0.2) is 66.7 Å². The van der Waals surface area contributed by atoms with E-state index in [1.54, 1.807) is 36.4 Å². The molecule has 1 unspecified atom stereocenters. The van der Waals surface area contributed by atoms with E-state index in [0.29, 0.717) is 22.4 Å².